The van der Waals surface area contributed by atoms with Gasteiger partial charge in [-0.1, -0.05) is 20.8 Å². The van der Waals surface area contributed by atoms with Crippen molar-refractivity contribution in [2.75, 3.05) is 0 Å². The van der Waals surface area contributed by atoms with Crippen LogP contribution < -0.4 is 4.74 Å². The minimum Gasteiger partial charge on any atom is -0.415 e. The minimum atomic E-state index is -2.86. The highest BCUT2D eigenvalue weighted by Gasteiger charge is 2.16. The summed E-state index contributed by atoms with van der Waals surface area (Å²) in [6.45, 7) is 3.03. The van der Waals surface area contributed by atoms with Crippen LogP contribution in [0.15, 0.2) is 12.4 Å². The third-order valence-corrected chi connectivity index (χ3v) is 1.61. The normalized spacial score (nSPS) is 11.9. The van der Waals surface area contributed by atoms with Gasteiger partial charge in [-0.2, -0.15) is 8.78 Å². The molecule has 3 nitrogen and oxygen atoms in total. The summed E-state index contributed by atoms with van der Waals surface area (Å²) in [5, 5.41) is 0. The van der Waals surface area contributed by atoms with Gasteiger partial charge in [-0.25, -0.2) is 4.98 Å². The van der Waals surface area contributed by atoms with E-state index in [9.17, 15) is 8.78 Å². The van der Waals surface area contributed by atoms with Crippen molar-refractivity contribution >= 4 is 0 Å². The molecule has 0 bridgehead atoms. The Morgan fingerprint density at radius 1 is 1.21 bits per heavy atom. The molecule has 0 fully saturated rings. The van der Waals surface area contributed by atoms with Crippen molar-refractivity contribution in [3.63, 3.8) is 0 Å². The number of rotatable bonds is 2. The van der Waals surface area contributed by atoms with Crippen LogP contribution in [0.3, 0.4) is 0 Å². The van der Waals surface area contributed by atoms with E-state index in [1.807, 2.05) is 20.8 Å². The summed E-state index contributed by atoms with van der Waals surface area (Å²) in [4.78, 5) is 7.70. The van der Waals surface area contributed by atoms with Crippen molar-refractivity contribution in [1.82, 2.24) is 9.97 Å². The molecular formula is C9H12F2N2O. The lowest BCUT2D eigenvalue weighted by Crippen LogP contribution is -2.14. The molecule has 0 saturated heterocycles. The molecule has 0 unspecified atom stereocenters. The molecule has 1 aromatic heterocycles. The average Bonchev–Trinajstić information content (AvgIpc) is 2.02. The number of halogens is 2. The van der Waals surface area contributed by atoms with Gasteiger partial charge in [-0.05, 0) is 0 Å². The Balaban J connectivity index is 2.79. The van der Waals surface area contributed by atoms with Gasteiger partial charge in [-0.3, -0.25) is 4.98 Å². The standard InChI is InChI=1S/C9H12F2N2O/c1-9(2,3)6-4-13-7(5-12-6)14-8(10)11/h4-5,8H,1-3H3. The summed E-state index contributed by atoms with van der Waals surface area (Å²) in [6.07, 6.45) is 2.64. The topological polar surface area (TPSA) is 35.0 Å². The van der Waals surface area contributed by atoms with E-state index in [0.717, 1.165) is 5.69 Å². The predicted molar refractivity (Wildman–Crippen MR) is 47.4 cm³/mol. The van der Waals surface area contributed by atoms with E-state index in [0.29, 0.717) is 0 Å². The molecule has 78 valence electrons. The summed E-state index contributed by atoms with van der Waals surface area (Å²) >= 11 is 0. The smallest absolute Gasteiger partial charge is 0.388 e. The van der Waals surface area contributed by atoms with Crippen molar-refractivity contribution in [2.45, 2.75) is 32.8 Å². The molecule has 0 aromatic carbocycles. The van der Waals surface area contributed by atoms with Crippen molar-refractivity contribution in [1.29, 1.82) is 0 Å². The van der Waals surface area contributed by atoms with Crippen LogP contribution in [0, 0.1) is 0 Å². The van der Waals surface area contributed by atoms with Gasteiger partial charge in [0.15, 0.2) is 0 Å². The Labute approximate surface area is 81.1 Å². The van der Waals surface area contributed by atoms with E-state index in [2.05, 4.69) is 14.7 Å². The highest BCUT2D eigenvalue weighted by Crippen LogP contribution is 2.20. The second-order valence-electron chi connectivity index (χ2n) is 3.87. The summed E-state index contributed by atoms with van der Waals surface area (Å²) in [6, 6.07) is 0. The first-order valence-corrected chi connectivity index (χ1v) is 4.17. The fourth-order valence-electron chi connectivity index (χ4n) is 0.856. The second kappa shape index (κ2) is 3.86. The fraction of sp³-hybridized carbons (Fsp3) is 0.556. The number of aromatic nitrogens is 2. The van der Waals surface area contributed by atoms with E-state index < -0.39 is 6.61 Å². The minimum absolute atomic E-state index is 0.142. The lowest BCUT2D eigenvalue weighted by molar-refractivity contribution is -0.0531. The zero-order valence-electron chi connectivity index (χ0n) is 8.29. The zero-order chi connectivity index (χ0) is 10.8. The summed E-state index contributed by atoms with van der Waals surface area (Å²) in [5.41, 5.74) is 0.593. The Kier molecular flexibility index (Phi) is 2.98. The molecule has 0 saturated carbocycles. The van der Waals surface area contributed by atoms with Crippen LogP contribution in [-0.2, 0) is 5.41 Å². The largest absolute Gasteiger partial charge is 0.415 e. The lowest BCUT2D eigenvalue weighted by Gasteiger charge is -2.16. The number of ether oxygens (including phenoxy) is 1. The lowest BCUT2D eigenvalue weighted by atomic mass is 9.93. The SMILES string of the molecule is CC(C)(C)c1cnc(OC(F)F)cn1. The maximum Gasteiger partial charge on any atom is 0.388 e. The average molecular weight is 202 g/mol. The Morgan fingerprint density at radius 3 is 2.21 bits per heavy atom. The van der Waals surface area contributed by atoms with Crippen molar-refractivity contribution in [3.05, 3.63) is 18.1 Å². The van der Waals surface area contributed by atoms with Gasteiger partial charge in [0, 0.05) is 5.41 Å². The fourth-order valence-corrected chi connectivity index (χ4v) is 0.856. The van der Waals surface area contributed by atoms with Gasteiger partial charge in [0.05, 0.1) is 18.1 Å². The van der Waals surface area contributed by atoms with Crippen LogP contribution in [-0.4, -0.2) is 16.6 Å². The summed E-state index contributed by atoms with van der Waals surface area (Å²) in [7, 11) is 0. The highest BCUT2D eigenvalue weighted by molar-refractivity contribution is 5.13. The van der Waals surface area contributed by atoms with Crippen molar-refractivity contribution < 1.29 is 13.5 Å². The molecule has 0 N–H and O–H groups in total. The van der Waals surface area contributed by atoms with Crippen LogP contribution in [0.4, 0.5) is 8.78 Å². The van der Waals surface area contributed by atoms with Gasteiger partial charge >= 0.3 is 6.61 Å². The molecule has 0 aliphatic carbocycles. The first-order valence-electron chi connectivity index (χ1n) is 4.17. The second-order valence-corrected chi connectivity index (χ2v) is 3.87. The molecule has 14 heavy (non-hydrogen) atoms. The summed E-state index contributed by atoms with van der Waals surface area (Å²) < 4.78 is 27.6. The molecule has 0 aliphatic rings. The number of hydrogen-bond donors (Lipinski definition) is 0. The van der Waals surface area contributed by atoms with Gasteiger partial charge in [0.25, 0.3) is 0 Å². The monoisotopic (exact) mass is 202 g/mol. The van der Waals surface area contributed by atoms with E-state index in [4.69, 9.17) is 0 Å². The number of nitrogens with zero attached hydrogens (tertiary/aromatic N) is 2. The van der Waals surface area contributed by atoms with Crippen LogP contribution in [0.1, 0.15) is 26.5 Å². The highest BCUT2D eigenvalue weighted by atomic mass is 19.3. The molecule has 0 spiro atoms. The molecule has 1 aromatic rings. The third-order valence-electron chi connectivity index (χ3n) is 1.61. The number of hydrogen-bond acceptors (Lipinski definition) is 3. The molecule has 1 heterocycles. The Morgan fingerprint density at radius 2 is 1.86 bits per heavy atom. The van der Waals surface area contributed by atoms with E-state index in [1.54, 1.807) is 0 Å². The van der Waals surface area contributed by atoms with E-state index in [-0.39, 0.29) is 11.3 Å². The molecule has 0 aliphatic heterocycles. The van der Waals surface area contributed by atoms with Crippen molar-refractivity contribution in [2.24, 2.45) is 0 Å². The first kappa shape index (κ1) is 10.8. The van der Waals surface area contributed by atoms with Gasteiger partial charge in [-0.15, -0.1) is 0 Å². The first-order chi connectivity index (χ1) is 6.39. The molecule has 0 atom stereocenters. The molecular weight excluding hydrogens is 190 g/mol. The number of alkyl halides is 2. The predicted octanol–water partition coefficient (Wildman–Crippen LogP) is 2.38. The van der Waals surface area contributed by atoms with Crippen LogP contribution in [0.25, 0.3) is 0 Å². The van der Waals surface area contributed by atoms with Crippen molar-refractivity contribution in [3.8, 4) is 5.88 Å². The quantitative estimate of drug-likeness (QED) is 0.738. The molecule has 5 heteroatoms. The van der Waals surface area contributed by atoms with Crippen LogP contribution >= 0.6 is 0 Å². The maximum atomic E-state index is 11.8. The third kappa shape index (κ3) is 2.90. The van der Waals surface area contributed by atoms with Gasteiger partial charge < -0.3 is 4.74 Å². The van der Waals surface area contributed by atoms with E-state index in [1.165, 1.54) is 12.4 Å². The van der Waals surface area contributed by atoms with E-state index >= 15 is 0 Å². The zero-order valence-corrected chi connectivity index (χ0v) is 8.29. The molecule has 0 amide bonds. The maximum absolute atomic E-state index is 11.8. The van der Waals surface area contributed by atoms with Gasteiger partial charge in [0.2, 0.25) is 5.88 Å². The van der Waals surface area contributed by atoms with Crippen LogP contribution in [0.2, 0.25) is 0 Å². The Bertz CT molecular complexity index is 293. The molecule has 1 rings (SSSR count). The Hall–Kier alpha value is -1.26. The summed E-state index contributed by atoms with van der Waals surface area (Å²) in [5.74, 6) is -0.159. The van der Waals surface area contributed by atoms with Gasteiger partial charge in [0.1, 0.15) is 0 Å². The molecule has 0 radical (unpaired) electrons. The van der Waals surface area contributed by atoms with Crippen LogP contribution in [0.5, 0.6) is 5.88 Å².